The summed E-state index contributed by atoms with van der Waals surface area (Å²) < 4.78 is 16.8. The molecule has 0 atom stereocenters. The molecule has 36 heavy (non-hydrogen) atoms. The first kappa shape index (κ1) is 24.7. The van der Waals surface area contributed by atoms with Gasteiger partial charge in [0.05, 0.1) is 12.5 Å². The number of carbonyl (C=O) groups is 2. The Kier molecular flexibility index (Phi) is 8.45. The van der Waals surface area contributed by atoms with Crippen molar-refractivity contribution >= 4 is 40.1 Å². The smallest absolute Gasteiger partial charge is 0.336 e. The Labute approximate surface area is 216 Å². The van der Waals surface area contributed by atoms with E-state index >= 15 is 0 Å². The molecule has 0 bridgehead atoms. The van der Waals surface area contributed by atoms with Gasteiger partial charge in [0.25, 0.3) is 5.91 Å². The molecule has 3 aromatic carbocycles. The first-order valence-corrected chi connectivity index (χ1v) is 11.7. The largest absolute Gasteiger partial charge is 0.484 e. The maximum atomic E-state index is 12.2. The van der Waals surface area contributed by atoms with Gasteiger partial charge in [-0.15, -0.1) is 0 Å². The lowest BCUT2D eigenvalue weighted by Gasteiger charge is -2.07. The fourth-order valence-corrected chi connectivity index (χ4v) is 3.50. The van der Waals surface area contributed by atoms with Crippen molar-refractivity contribution in [1.82, 2.24) is 5.43 Å². The predicted octanol–water partition coefficient (Wildman–Crippen LogP) is 5.86. The summed E-state index contributed by atoms with van der Waals surface area (Å²) in [5, 5.41) is 3.95. The summed E-state index contributed by atoms with van der Waals surface area (Å²) in [4.78, 5) is 24.3. The van der Waals surface area contributed by atoms with Gasteiger partial charge in [0, 0.05) is 16.1 Å². The quantitative estimate of drug-likeness (QED) is 0.0936. The average molecular weight is 545 g/mol. The second-order valence-electron chi connectivity index (χ2n) is 7.42. The van der Waals surface area contributed by atoms with Gasteiger partial charge in [0.2, 0.25) is 0 Å². The maximum absolute atomic E-state index is 12.2. The molecule has 0 spiro atoms. The highest BCUT2D eigenvalue weighted by molar-refractivity contribution is 9.10. The zero-order valence-electron chi connectivity index (χ0n) is 19.0. The van der Waals surface area contributed by atoms with Crippen LogP contribution in [0.2, 0.25) is 0 Å². The molecule has 180 valence electrons. The van der Waals surface area contributed by atoms with Crippen LogP contribution in [-0.4, -0.2) is 24.7 Å². The third kappa shape index (κ3) is 7.28. The molecule has 1 heterocycles. The van der Waals surface area contributed by atoms with E-state index < -0.39 is 11.9 Å². The number of amides is 1. The monoisotopic (exact) mass is 544 g/mol. The molecule has 0 saturated heterocycles. The predicted molar refractivity (Wildman–Crippen MR) is 141 cm³/mol. The maximum Gasteiger partial charge on any atom is 0.336 e. The second-order valence-corrected chi connectivity index (χ2v) is 8.34. The van der Waals surface area contributed by atoms with E-state index in [0.717, 1.165) is 15.6 Å². The van der Waals surface area contributed by atoms with Crippen LogP contribution in [0.5, 0.6) is 11.5 Å². The lowest BCUT2D eigenvalue weighted by molar-refractivity contribution is -0.129. The summed E-state index contributed by atoms with van der Waals surface area (Å²) in [6.07, 6.45) is 5.66. The summed E-state index contributed by atoms with van der Waals surface area (Å²) in [6, 6.07) is 25.9. The van der Waals surface area contributed by atoms with E-state index in [0.29, 0.717) is 17.1 Å². The molecule has 4 rings (SSSR count). The van der Waals surface area contributed by atoms with Gasteiger partial charge in [-0.2, -0.15) is 5.10 Å². The molecule has 0 aliphatic rings. The van der Waals surface area contributed by atoms with Crippen LogP contribution in [0.25, 0.3) is 17.2 Å². The number of halogens is 1. The van der Waals surface area contributed by atoms with Gasteiger partial charge in [0.1, 0.15) is 17.3 Å². The van der Waals surface area contributed by atoms with Crippen molar-refractivity contribution in [3.8, 4) is 22.6 Å². The first-order valence-electron chi connectivity index (χ1n) is 10.9. The van der Waals surface area contributed by atoms with Gasteiger partial charge in [0.15, 0.2) is 6.61 Å². The zero-order chi connectivity index (χ0) is 25.2. The van der Waals surface area contributed by atoms with Crippen molar-refractivity contribution in [2.75, 3.05) is 6.61 Å². The number of hydrazone groups is 1. The molecule has 0 aliphatic carbocycles. The molecule has 1 amide bonds. The Morgan fingerprint density at radius 1 is 0.944 bits per heavy atom. The number of esters is 1. The second kappa shape index (κ2) is 12.3. The van der Waals surface area contributed by atoms with E-state index in [1.165, 1.54) is 24.6 Å². The van der Waals surface area contributed by atoms with E-state index in [-0.39, 0.29) is 12.4 Å². The number of hydrogen-bond donors (Lipinski definition) is 1. The summed E-state index contributed by atoms with van der Waals surface area (Å²) in [5.74, 6) is 0.353. The van der Waals surface area contributed by atoms with Crippen LogP contribution in [-0.2, 0) is 9.59 Å². The minimum absolute atomic E-state index is 0.208. The lowest BCUT2D eigenvalue weighted by Crippen LogP contribution is -2.24. The zero-order valence-corrected chi connectivity index (χ0v) is 20.6. The number of hydrogen-bond acceptors (Lipinski definition) is 6. The minimum atomic E-state index is -0.584. The highest BCUT2D eigenvalue weighted by Gasteiger charge is 2.08. The molecule has 1 aromatic heterocycles. The molecule has 0 radical (unpaired) electrons. The van der Waals surface area contributed by atoms with Crippen molar-refractivity contribution in [2.24, 2.45) is 5.10 Å². The normalized spacial score (nSPS) is 11.0. The highest BCUT2D eigenvalue weighted by atomic mass is 79.9. The van der Waals surface area contributed by atoms with E-state index in [1.54, 1.807) is 42.5 Å². The van der Waals surface area contributed by atoms with Crippen LogP contribution >= 0.6 is 15.9 Å². The molecule has 0 aliphatic heterocycles. The van der Waals surface area contributed by atoms with Gasteiger partial charge in [-0.25, -0.2) is 10.2 Å². The number of nitrogens with one attached hydrogen (secondary N) is 1. The Morgan fingerprint density at radius 2 is 1.72 bits per heavy atom. The molecule has 0 unspecified atom stereocenters. The van der Waals surface area contributed by atoms with Crippen LogP contribution in [0, 0.1) is 0 Å². The molecular weight excluding hydrogens is 524 g/mol. The molecule has 1 N–H and O–H groups in total. The van der Waals surface area contributed by atoms with Crippen LogP contribution in [0.15, 0.2) is 111 Å². The van der Waals surface area contributed by atoms with Crippen molar-refractivity contribution in [2.45, 2.75) is 0 Å². The first-order chi connectivity index (χ1) is 17.6. The van der Waals surface area contributed by atoms with Gasteiger partial charge < -0.3 is 13.9 Å². The number of rotatable bonds is 9. The molecule has 7 nitrogen and oxygen atoms in total. The van der Waals surface area contributed by atoms with Crippen LogP contribution in [0.4, 0.5) is 0 Å². The fourth-order valence-electron chi connectivity index (χ4n) is 3.12. The standard InChI is InChI=1S/C28H21BrN2O5/c29-23-10-14-26(36-28(33)15-13-24-7-4-16-34-24)22(17-23)18-30-31-27(32)19-35-25-11-8-21(9-12-25)20-5-2-1-3-6-20/h1-18H,19H2,(H,31,32)/b15-13+,30-18+. The number of carbonyl (C=O) groups excluding carboxylic acids is 2. The van der Waals surface area contributed by atoms with E-state index in [9.17, 15) is 9.59 Å². The van der Waals surface area contributed by atoms with Crippen LogP contribution in [0.3, 0.4) is 0 Å². The Balaban J connectivity index is 1.30. The summed E-state index contributed by atoms with van der Waals surface area (Å²) >= 11 is 3.38. The topological polar surface area (TPSA) is 90.1 Å². The minimum Gasteiger partial charge on any atom is -0.484 e. The number of nitrogens with zero attached hydrogens (tertiary/aromatic N) is 1. The molecule has 8 heteroatoms. The third-order valence-corrected chi connectivity index (χ3v) is 5.33. The number of ether oxygens (including phenoxy) is 2. The Morgan fingerprint density at radius 3 is 2.47 bits per heavy atom. The lowest BCUT2D eigenvalue weighted by atomic mass is 10.1. The molecule has 4 aromatic rings. The molecule has 0 saturated carbocycles. The molecular formula is C28H21BrN2O5. The van der Waals surface area contributed by atoms with Crippen molar-refractivity contribution in [3.63, 3.8) is 0 Å². The number of furan rings is 1. The van der Waals surface area contributed by atoms with Crippen molar-refractivity contribution in [1.29, 1.82) is 0 Å². The van der Waals surface area contributed by atoms with E-state index in [2.05, 4.69) is 26.5 Å². The summed E-state index contributed by atoms with van der Waals surface area (Å²) in [6.45, 7) is -0.208. The van der Waals surface area contributed by atoms with Gasteiger partial charge >= 0.3 is 5.97 Å². The van der Waals surface area contributed by atoms with Crippen LogP contribution in [0.1, 0.15) is 11.3 Å². The van der Waals surface area contributed by atoms with Crippen molar-refractivity contribution in [3.05, 3.63) is 113 Å². The summed E-state index contributed by atoms with van der Waals surface area (Å²) in [5.41, 5.74) is 5.05. The third-order valence-electron chi connectivity index (χ3n) is 4.83. The van der Waals surface area contributed by atoms with E-state index in [4.69, 9.17) is 13.9 Å². The Bertz CT molecular complexity index is 1370. The van der Waals surface area contributed by atoms with Gasteiger partial charge in [-0.3, -0.25) is 4.79 Å². The molecule has 0 fully saturated rings. The van der Waals surface area contributed by atoms with Crippen LogP contribution < -0.4 is 14.9 Å². The number of benzene rings is 3. The SMILES string of the molecule is O=C(COc1ccc(-c2ccccc2)cc1)N/N=C/c1cc(Br)ccc1OC(=O)/C=C/c1ccco1. The fraction of sp³-hybridized carbons (Fsp3) is 0.0357. The Hall–Kier alpha value is -4.43. The van der Waals surface area contributed by atoms with Crippen molar-refractivity contribution < 1.29 is 23.5 Å². The van der Waals surface area contributed by atoms with E-state index in [1.807, 2.05) is 42.5 Å². The average Bonchev–Trinajstić information content (AvgIpc) is 3.42. The summed E-state index contributed by atoms with van der Waals surface area (Å²) in [7, 11) is 0. The van der Waals surface area contributed by atoms with Gasteiger partial charge in [-0.1, -0.05) is 58.4 Å². The van der Waals surface area contributed by atoms with Gasteiger partial charge in [-0.05, 0) is 59.7 Å². The highest BCUT2D eigenvalue weighted by Crippen LogP contribution is 2.23.